The van der Waals surface area contributed by atoms with Gasteiger partial charge in [-0.05, 0) is 5.16 Å². The van der Waals surface area contributed by atoms with Crippen molar-refractivity contribution >= 4 is 6.09 Å². The van der Waals surface area contributed by atoms with Crippen molar-refractivity contribution in [3.05, 3.63) is 11.8 Å². The molecule has 0 aromatic carbocycles. The Balaban J connectivity index is 2.81. The summed E-state index contributed by atoms with van der Waals surface area (Å²) in [6.45, 7) is 5.88. The first-order valence-corrected chi connectivity index (χ1v) is 3.84. The fourth-order valence-corrected chi connectivity index (χ4v) is 0.764. The molecule has 1 amide bonds. The fraction of sp³-hybridized carbons (Fsp3) is 0.500. The molecule has 0 aliphatic carbocycles. The fourth-order valence-electron chi connectivity index (χ4n) is 0.764. The number of primary amides is 1. The monoisotopic (exact) mass is 184 g/mol. The van der Waals surface area contributed by atoms with Gasteiger partial charge < -0.3 is 15.0 Å². The molecule has 1 rings (SSSR count). The lowest BCUT2D eigenvalue weighted by Crippen LogP contribution is -2.16. The van der Waals surface area contributed by atoms with Crippen LogP contribution in [-0.2, 0) is 5.41 Å². The molecule has 0 aliphatic rings. The van der Waals surface area contributed by atoms with Gasteiger partial charge in [0.1, 0.15) is 5.76 Å². The summed E-state index contributed by atoms with van der Waals surface area (Å²) in [5, 5.41) is 3.52. The van der Waals surface area contributed by atoms with Crippen LogP contribution in [0.3, 0.4) is 0 Å². The zero-order valence-corrected chi connectivity index (χ0v) is 7.83. The van der Waals surface area contributed by atoms with E-state index in [9.17, 15) is 4.79 Å². The number of nitrogens with two attached hydrogens (primary N) is 1. The highest BCUT2D eigenvalue weighted by atomic mass is 16.6. The smallest absolute Gasteiger partial charge is 0.388 e. The Morgan fingerprint density at radius 2 is 2.23 bits per heavy atom. The minimum absolute atomic E-state index is 0.0948. The van der Waals surface area contributed by atoms with Crippen molar-refractivity contribution in [3.8, 4) is 5.88 Å². The number of carbonyl (C=O) groups excluding carboxylic acids is 1. The van der Waals surface area contributed by atoms with Crippen LogP contribution in [0, 0.1) is 0 Å². The molecule has 13 heavy (non-hydrogen) atoms. The molecular weight excluding hydrogens is 172 g/mol. The van der Waals surface area contributed by atoms with Crippen molar-refractivity contribution in [1.82, 2.24) is 5.16 Å². The van der Waals surface area contributed by atoms with E-state index >= 15 is 0 Å². The van der Waals surface area contributed by atoms with Crippen LogP contribution in [0.15, 0.2) is 10.6 Å². The van der Waals surface area contributed by atoms with Crippen LogP contribution in [-0.4, -0.2) is 11.2 Å². The van der Waals surface area contributed by atoms with Crippen LogP contribution in [0.1, 0.15) is 26.5 Å². The van der Waals surface area contributed by atoms with Gasteiger partial charge in [-0.1, -0.05) is 20.8 Å². The van der Waals surface area contributed by atoms with Crippen LogP contribution < -0.4 is 10.5 Å². The third-order valence-corrected chi connectivity index (χ3v) is 1.43. The van der Waals surface area contributed by atoms with E-state index in [1.807, 2.05) is 20.8 Å². The van der Waals surface area contributed by atoms with Gasteiger partial charge in [0, 0.05) is 11.5 Å². The number of carbonyl (C=O) groups is 1. The summed E-state index contributed by atoms with van der Waals surface area (Å²) in [5.74, 6) is 0.737. The maximum absolute atomic E-state index is 10.3. The van der Waals surface area contributed by atoms with E-state index in [0.29, 0.717) is 5.76 Å². The summed E-state index contributed by atoms with van der Waals surface area (Å²) in [5.41, 5.74) is 4.64. The van der Waals surface area contributed by atoms with Crippen LogP contribution >= 0.6 is 0 Å². The van der Waals surface area contributed by atoms with Crippen molar-refractivity contribution < 1.29 is 14.1 Å². The quantitative estimate of drug-likeness (QED) is 0.716. The molecule has 72 valence electrons. The minimum Gasteiger partial charge on any atom is -0.388 e. The van der Waals surface area contributed by atoms with E-state index in [1.54, 1.807) is 6.07 Å². The van der Waals surface area contributed by atoms with Gasteiger partial charge in [0.2, 0.25) is 0 Å². The van der Waals surface area contributed by atoms with Crippen LogP contribution in [0.5, 0.6) is 5.88 Å². The zero-order chi connectivity index (χ0) is 10.1. The van der Waals surface area contributed by atoms with E-state index in [1.165, 1.54) is 0 Å². The van der Waals surface area contributed by atoms with Gasteiger partial charge in [-0.15, -0.1) is 0 Å². The van der Waals surface area contributed by atoms with Crippen LogP contribution in [0.2, 0.25) is 0 Å². The number of hydrogen-bond donors (Lipinski definition) is 1. The van der Waals surface area contributed by atoms with Gasteiger partial charge in [-0.3, -0.25) is 0 Å². The molecule has 1 heterocycles. The van der Waals surface area contributed by atoms with Crippen molar-refractivity contribution in [1.29, 1.82) is 0 Å². The lowest BCUT2D eigenvalue weighted by Gasteiger charge is -2.11. The topological polar surface area (TPSA) is 78.4 Å². The molecular formula is C8H12N2O3. The highest BCUT2D eigenvalue weighted by Crippen LogP contribution is 2.25. The summed E-state index contributed by atoms with van der Waals surface area (Å²) in [7, 11) is 0. The molecule has 0 fully saturated rings. The molecule has 1 aromatic heterocycles. The molecule has 0 bridgehead atoms. The number of rotatable bonds is 1. The van der Waals surface area contributed by atoms with Crippen molar-refractivity contribution in [2.24, 2.45) is 5.73 Å². The second-order valence-electron chi connectivity index (χ2n) is 3.70. The average molecular weight is 184 g/mol. The molecule has 5 nitrogen and oxygen atoms in total. The maximum Gasteiger partial charge on any atom is 0.411 e. The Morgan fingerprint density at radius 3 is 2.62 bits per heavy atom. The Bertz CT molecular complexity index is 311. The third kappa shape index (κ3) is 2.47. The summed E-state index contributed by atoms with van der Waals surface area (Å²) in [6.07, 6.45) is -0.895. The first kappa shape index (κ1) is 9.57. The SMILES string of the molecule is CC(C)(C)c1cc(OC(N)=O)no1. The van der Waals surface area contributed by atoms with Gasteiger partial charge in [0.15, 0.2) is 0 Å². The van der Waals surface area contributed by atoms with Gasteiger partial charge in [-0.25, -0.2) is 4.79 Å². The molecule has 0 aliphatic heterocycles. The normalized spacial score (nSPS) is 11.3. The molecule has 1 aromatic rings. The molecule has 2 N–H and O–H groups in total. The number of amides is 1. The summed E-state index contributed by atoms with van der Waals surface area (Å²) in [4.78, 5) is 10.3. The molecule has 0 saturated heterocycles. The number of hydrogen-bond acceptors (Lipinski definition) is 4. The zero-order valence-electron chi connectivity index (χ0n) is 7.83. The Labute approximate surface area is 75.8 Å². The van der Waals surface area contributed by atoms with Gasteiger partial charge >= 0.3 is 6.09 Å². The standard InChI is InChI=1S/C8H12N2O3/c1-8(2,3)5-4-6(10-13-5)12-7(9)11/h4H,1-3H3,(H2,9,11). The Kier molecular flexibility index (Phi) is 2.27. The van der Waals surface area contributed by atoms with Crippen LogP contribution in [0.25, 0.3) is 0 Å². The molecule has 0 unspecified atom stereocenters. The predicted molar refractivity (Wildman–Crippen MR) is 45.4 cm³/mol. The van der Waals surface area contributed by atoms with Crippen LogP contribution in [0.4, 0.5) is 4.79 Å². The largest absolute Gasteiger partial charge is 0.411 e. The van der Waals surface area contributed by atoms with E-state index in [0.717, 1.165) is 0 Å². The third-order valence-electron chi connectivity index (χ3n) is 1.43. The van der Waals surface area contributed by atoms with Gasteiger partial charge in [-0.2, -0.15) is 0 Å². The average Bonchev–Trinajstić information content (AvgIpc) is 2.32. The second kappa shape index (κ2) is 3.08. The Morgan fingerprint density at radius 1 is 1.62 bits per heavy atom. The number of nitrogens with zero attached hydrogens (tertiary/aromatic N) is 1. The first-order valence-electron chi connectivity index (χ1n) is 3.84. The van der Waals surface area contributed by atoms with E-state index in [-0.39, 0.29) is 11.3 Å². The summed E-state index contributed by atoms with van der Waals surface area (Å²) < 4.78 is 9.47. The number of aromatic nitrogens is 1. The molecule has 0 atom stereocenters. The second-order valence-corrected chi connectivity index (χ2v) is 3.70. The predicted octanol–water partition coefficient (Wildman–Crippen LogP) is 1.43. The lowest BCUT2D eigenvalue weighted by molar-refractivity contribution is 0.205. The first-order chi connectivity index (χ1) is 5.89. The van der Waals surface area contributed by atoms with Crippen molar-refractivity contribution in [2.75, 3.05) is 0 Å². The molecule has 0 saturated carbocycles. The summed E-state index contributed by atoms with van der Waals surface area (Å²) >= 11 is 0. The van der Waals surface area contributed by atoms with Gasteiger partial charge in [0.25, 0.3) is 5.88 Å². The molecule has 0 radical (unpaired) electrons. The Hall–Kier alpha value is -1.52. The lowest BCUT2D eigenvalue weighted by atomic mass is 9.94. The highest BCUT2D eigenvalue weighted by molar-refractivity contribution is 5.67. The van der Waals surface area contributed by atoms with Gasteiger partial charge in [0.05, 0.1) is 0 Å². The molecule has 5 heteroatoms. The molecule has 0 spiro atoms. The number of ether oxygens (including phenoxy) is 1. The van der Waals surface area contributed by atoms with Crippen molar-refractivity contribution in [2.45, 2.75) is 26.2 Å². The highest BCUT2D eigenvalue weighted by Gasteiger charge is 2.20. The van der Waals surface area contributed by atoms with E-state index < -0.39 is 6.09 Å². The van der Waals surface area contributed by atoms with E-state index in [2.05, 4.69) is 9.89 Å². The minimum atomic E-state index is -0.895. The maximum atomic E-state index is 10.3. The van der Waals surface area contributed by atoms with E-state index in [4.69, 9.17) is 10.3 Å². The van der Waals surface area contributed by atoms with Crippen molar-refractivity contribution in [3.63, 3.8) is 0 Å². The summed E-state index contributed by atoms with van der Waals surface area (Å²) in [6, 6.07) is 1.55.